The van der Waals surface area contributed by atoms with Gasteiger partial charge in [-0.05, 0) is 97.4 Å². The third-order valence-electron chi connectivity index (χ3n) is 4.81. The van der Waals surface area contributed by atoms with Crippen molar-refractivity contribution in [3.8, 4) is 11.8 Å². The van der Waals surface area contributed by atoms with Crippen molar-refractivity contribution in [3.63, 3.8) is 0 Å². The van der Waals surface area contributed by atoms with Gasteiger partial charge in [-0.15, -0.1) is 0 Å². The molecule has 0 saturated heterocycles. The summed E-state index contributed by atoms with van der Waals surface area (Å²) in [6.07, 6.45) is 1.86. The Morgan fingerprint density at radius 2 is 1.58 bits per heavy atom. The van der Waals surface area contributed by atoms with E-state index in [0.717, 1.165) is 29.6 Å². The molecule has 5 heteroatoms. The van der Waals surface area contributed by atoms with Gasteiger partial charge in [-0.1, -0.05) is 66.2 Å². The number of hydrogen-bond acceptors (Lipinski definition) is 2. The van der Waals surface area contributed by atoms with Gasteiger partial charge in [0.25, 0.3) is 0 Å². The maximum absolute atomic E-state index is 9.64. The summed E-state index contributed by atoms with van der Waals surface area (Å²) in [5, 5.41) is 12.6. The Kier molecular flexibility index (Phi) is 7.16. The zero-order valence-electron chi connectivity index (χ0n) is 16.3. The predicted molar refractivity (Wildman–Crippen MR) is 145 cm³/mol. The molecule has 2 nitrogen and oxygen atoms in total. The van der Waals surface area contributed by atoms with E-state index in [1.165, 1.54) is 10.8 Å². The van der Waals surface area contributed by atoms with Crippen LogP contribution in [0, 0.1) is 18.5 Å². The van der Waals surface area contributed by atoms with Crippen LogP contribution < -0.4 is 4.74 Å². The van der Waals surface area contributed by atoms with E-state index in [0.29, 0.717) is 17.2 Å². The molecule has 0 saturated carbocycles. The third kappa shape index (κ3) is 5.22. The highest BCUT2D eigenvalue weighted by Gasteiger charge is 2.11. The number of fused-ring (bicyclic) bond motifs is 1. The lowest BCUT2D eigenvalue weighted by Crippen LogP contribution is -1.99. The molecule has 0 bridgehead atoms. The van der Waals surface area contributed by atoms with Crippen LogP contribution in [0.5, 0.6) is 5.75 Å². The van der Waals surface area contributed by atoms with E-state index in [-0.39, 0.29) is 0 Å². The number of ether oxygens (including phenoxy) is 1. The van der Waals surface area contributed by atoms with Gasteiger partial charge in [0, 0.05) is 10.6 Å². The molecule has 4 aromatic rings. The van der Waals surface area contributed by atoms with Gasteiger partial charge in [-0.25, -0.2) is 0 Å². The van der Waals surface area contributed by atoms with E-state index in [1.54, 1.807) is 6.07 Å². The van der Waals surface area contributed by atoms with Gasteiger partial charge in [0.15, 0.2) is 0 Å². The SMILES string of the molecule is N#CC(=Cc1cc(I)c(OCc2ccc3ccccc3c2)c(I)c1)c1ccccc1Cl. The van der Waals surface area contributed by atoms with Gasteiger partial charge >= 0.3 is 0 Å². The number of nitrogens with zero attached hydrogens (tertiary/aromatic N) is 1. The first kappa shape index (κ1) is 22.1. The lowest BCUT2D eigenvalue weighted by atomic mass is 10.0. The Morgan fingerprint density at radius 3 is 2.29 bits per heavy atom. The van der Waals surface area contributed by atoms with Gasteiger partial charge in [0.05, 0.1) is 18.8 Å². The monoisotopic (exact) mass is 647 g/mol. The molecule has 0 aromatic heterocycles. The fourth-order valence-corrected chi connectivity index (χ4v) is 5.67. The second-order valence-electron chi connectivity index (χ2n) is 6.93. The van der Waals surface area contributed by atoms with Crippen LogP contribution in [0.25, 0.3) is 22.4 Å². The Labute approximate surface area is 213 Å². The van der Waals surface area contributed by atoms with Gasteiger partial charge in [0.2, 0.25) is 0 Å². The van der Waals surface area contributed by atoms with Crippen LogP contribution in [0.4, 0.5) is 0 Å². The third-order valence-corrected chi connectivity index (χ3v) is 6.75. The summed E-state index contributed by atoms with van der Waals surface area (Å²) >= 11 is 10.8. The van der Waals surface area contributed by atoms with E-state index in [1.807, 2.05) is 48.5 Å². The van der Waals surface area contributed by atoms with Gasteiger partial charge in [0.1, 0.15) is 12.4 Å². The summed E-state index contributed by atoms with van der Waals surface area (Å²) < 4.78 is 8.16. The summed E-state index contributed by atoms with van der Waals surface area (Å²) in [5.41, 5.74) is 3.32. The number of hydrogen-bond donors (Lipinski definition) is 0. The van der Waals surface area contributed by atoms with Crippen LogP contribution in [0.3, 0.4) is 0 Å². The molecule has 0 heterocycles. The van der Waals surface area contributed by atoms with Crippen molar-refractivity contribution in [3.05, 3.63) is 108 Å². The number of allylic oxidation sites excluding steroid dienone is 1. The highest BCUT2D eigenvalue weighted by atomic mass is 127. The van der Waals surface area contributed by atoms with Crippen molar-refractivity contribution < 1.29 is 4.74 Å². The predicted octanol–water partition coefficient (Wildman–Crippen LogP) is 8.35. The summed E-state index contributed by atoms with van der Waals surface area (Å²) in [6.45, 7) is 0.495. The minimum atomic E-state index is 0.495. The molecule has 4 aromatic carbocycles. The summed E-state index contributed by atoms with van der Waals surface area (Å²) in [6, 6.07) is 28.4. The highest BCUT2D eigenvalue weighted by Crippen LogP contribution is 2.32. The van der Waals surface area contributed by atoms with Crippen molar-refractivity contribution in [1.82, 2.24) is 0 Å². The Bertz CT molecular complexity index is 1320. The first-order chi connectivity index (χ1) is 15.0. The molecule has 0 radical (unpaired) electrons. The molecule has 0 unspecified atom stereocenters. The Morgan fingerprint density at radius 1 is 0.903 bits per heavy atom. The van der Waals surface area contributed by atoms with Crippen LogP contribution >= 0.6 is 56.8 Å². The van der Waals surface area contributed by atoms with Crippen LogP contribution in [0.1, 0.15) is 16.7 Å². The van der Waals surface area contributed by atoms with Crippen LogP contribution in [-0.2, 0) is 6.61 Å². The zero-order valence-corrected chi connectivity index (χ0v) is 21.4. The van der Waals surface area contributed by atoms with Crippen molar-refractivity contribution in [2.24, 2.45) is 0 Å². The Balaban J connectivity index is 1.58. The maximum atomic E-state index is 9.64. The minimum absolute atomic E-state index is 0.495. The van der Waals surface area contributed by atoms with Crippen LogP contribution in [0.15, 0.2) is 78.9 Å². The van der Waals surface area contributed by atoms with Crippen LogP contribution in [-0.4, -0.2) is 0 Å². The quantitative estimate of drug-likeness (QED) is 0.124. The van der Waals surface area contributed by atoms with Crippen LogP contribution in [0.2, 0.25) is 5.02 Å². The number of rotatable bonds is 5. The standard InChI is InChI=1S/C26H16ClI2NO/c27-23-8-4-3-7-22(23)21(15-30)12-18-13-24(28)26(25(29)14-18)31-16-17-9-10-19-5-1-2-6-20(19)11-17/h1-14H,16H2. The molecular formula is C26H16ClI2NO. The molecule has 0 aliphatic carbocycles. The molecule has 31 heavy (non-hydrogen) atoms. The van der Waals surface area contributed by atoms with E-state index < -0.39 is 0 Å². The smallest absolute Gasteiger partial charge is 0.146 e. The molecule has 0 N–H and O–H groups in total. The van der Waals surface area contributed by atoms with E-state index in [2.05, 4.69) is 81.6 Å². The number of nitriles is 1. The Hall–Kier alpha value is -2.08. The fraction of sp³-hybridized carbons (Fsp3) is 0.0385. The summed E-state index contributed by atoms with van der Waals surface area (Å²) in [4.78, 5) is 0. The van der Waals surface area contributed by atoms with Gasteiger partial charge in [-0.3, -0.25) is 0 Å². The molecule has 0 spiro atoms. The van der Waals surface area contributed by atoms with E-state index in [9.17, 15) is 5.26 Å². The number of benzene rings is 4. The second kappa shape index (κ2) is 10.0. The lowest BCUT2D eigenvalue weighted by Gasteiger charge is -2.12. The summed E-state index contributed by atoms with van der Waals surface area (Å²) in [5.74, 6) is 0.850. The first-order valence-electron chi connectivity index (χ1n) is 9.51. The second-order valence-corrected chi connectivity index (χ2v) is 9.67. The highest BCUT2D eigenvalue weighted by molar-refractivity contribution is 14.1. The minimum Gasteiger partial charge on any atom is -0.487 e. The normalized spacial score (nSPS) is 11.4. The van der Waals surface area contributed by atoms with E-state index >= 15 is 0 Å². The molecule has 152 valence electrons. The van der Waals surface area contributed by atoms with Crippen molar-refractivity contribution >= 4 is 79.2 Å². The molecule has 0 atom stereocenters. The molecule has 0 fully saturated rings. The average Bonchev–Trinajstić information content (AvgIpc) is 2.77. The fourth-order valence-electron chi connectivity index (χ4n) is 3.30. The zero-order chi connectivity index (χ0) is 21.8. The summed E-state index contributed by atoms with van der Waals surface area (Å²) in [7, 11) is 0. The van der Waals surface area contributed by atoms with Crippen molar-refractivity contribution in [2.45, 2.75) is 6.61 Å². The molecule has 0 aliphatic rings. The largest absolute Gasteiger partial charge is 0.487 e. The topological polar surface area (TPSA) is 33.0 Å². The van der Waals surface area contributed by atoms with Gasteiger partial charge < -0.3 is 4.74 Å². The molecule has 0 amide bonds. The average molecular weight is 648 g/mol. The lowest BCUT2D eigenvalue weighted by molar-refractivity contribution is 0.302. The number of halogens is 3. The van der Waals surface area contributed by atoms with Crippen molar-refractivity contribution in [1.29, 1.82) is 5.26 Å². The maximum Gasteiger partial charge on any atom is 0.146 e. The molecule has 0 aliphatic heterocycles. The molecule has 4 rings (SSSR count). The molecular weight excluding hydrogens is 632 g/mol. The van der Waals surface area contributed by atoms with Crippen molar-refractivity contribution in [2.75, 3.05) is 0 Å². The first-order valence-corrected chi connectivity index (χ1v) is 12.0. The van der Waals surface area contributed by atoms with Gasteiger partial charge in [-0.2, -0.15) is 5.26 Å². The van der Waals surface area contributed by atoms with E-state index in [4.69, 9.17) is 16.3 Å².